The van der Waals surface area contributed by atoms with Crippen LogP contribution in [-0.4, -0.2) is 18.3 Å². The number of alkyl halides is 1. The van der Waals surface area contributed by atoms with Gasteiger partial charge in [-0.05, 0) is 47.0 Å². The van der Waals surface area contributed by atoms with Crippen LogP contribution in [0, 0.1) is 5.82 Å². The summed E-state index contributed by atoms with van der Waals surface area (Å²) in [5, 5.41) is 2.71. The normalized spacial score (nSPS) is 10.2. The van der Waals surface area contributed by atoms with Crippen LogP contribution >= 0.6 is 27.5 Å². The Morgan fingerprint density at radius 1 is 1.44 bits per heavy atom. The summed E-state index contributed by atoms with van der Waals surface area (Å²) in [7, 11) is 0. The van der Waals surface area contributed by atoms with E-state index in [1.807, 2.05) is 0 Å². The van der Waals surface area contributed by atoms with Crippen molar-refractivity contribution in [2.24, 2.45) is 0 Å². The highest BCUT2D eigenvalue weighted by molar-refractivity contribution is 9.10. The van der Waals surface area contributed by atoms with Crippen molar-refractivity contribution in [3.63, 3.8) is 0 Å². The van der Waals surface area contributed by atoms with Gasteiger partial charge in [0.15, 0.2) is 0 Å². The summed E-state index contributed by atoms with van der Waals surface area (Å²) < 4.78 is 13.5. The summed E-state index contributed by atoms with van der Waals surface area (Å²) in [5.41, 5.74) is 0.311. The zero-order valence-electron chi connectivity index (χ0n) is 8.60. The van der Waals surface area contributed by atoms with E-state index in [1.165, 1.54) is 18.2 Å². The molecule has 5 heteroatoms. The number of carbonyl (C=O) groups is 1. The van der Waals surface area contributed by atoms with Gasteiger partial charge in [0.1, 0.15) is 5.82 Å². The highest BCUT2D eigenvalue weighted by atomic mass is 79.9. The average molecular weight is 309 g/mol. The summed E-state index contributed by atoms with van der Waals surface area (Å²) in [6.07, 6.45) is 1.67. The van der Waals surface area contributed by atoms with E-state index in [1.54, 1.807) is 0 Å². The standard InChI is InChI=1S/C11H12BrClFNO/c12-10-4-3-8(14)7-9(10)11(16)15-6-2-1-5-13/h3-4,7H,1-2,5-6H2,(H,15,16). The first kappa shape index (κ1) is 13.5. The van der Waals surface area contributed by atoms with E-state index in [0.717, 1.165) is 12.8 Å². The average Bonchev–Trinajstić information content (AvgIpc) is 2.27. The lowest BCUT2D eigenvalue weighted by atomic mass is 10.2. The van der Waals surface area contributed by atoms with E-state index in [2.05, 4.69) is 21.2 Å². The molecule has 0 saturated heterocycles. The molecule has 0 radical (unpaired) electrons. The van der Waals surface area contributed by atoms with Gasteiger partial charge in [0.2, 0.25) is 0 Å². The van der Waals surface area contributed by atoms with E-state index >= 15 is 0 Å². The number of hydrogen-bond donors (Lipinski definition) is 1. The third-order valence-electron chi connectivity index (χ3n) is 2.02. The van der Waals surface area contributed by atoms with E-state index in [9.17, 15) is 9.18 Å². The highest BCUT2D eigenvalue weighted by Gasteiger charge is 2.10. The van der Waals surface area contributed by atoms with Gasteiger partial charge in [-0.1, -0.05) is 0 Å². The smallest absolute Gasteiger partial charge is 0.252 e. The van der Waals surface area contributed by atoms with E-state index < -0.39 is 5.82 Å². The fourth-order valence-corrected chi connectivity index (χ4v) is 1.80. The second-order valence-corrected chi connectivity index (χ2v) is 4.51. The lowest BCUT2D eigenvalue weighted by molar-refractivity contribution is 0.0952. The van der Waals surface area contributed by atoms with Crippen LogP contribution in [0.15, 0.2) is 22.7 Å². The second-order valence-electron chi connectivity index (χ2n) is 3.28. The molecular formula is C11H12BrClFNO. The van der Waals surface area contributed by atoms with Crippen molar-refractivity contribution in [1.82, 2.24) is 5.32 Å². The molecule has 0 fully saturated rings. The first-order valence-corrected chi connectivity index (χ1v) is 6.27. The molecule has 0 aromatic heterocycles. The Balaban J connectivity index is 2.55. The predicted molar refractivity (Wildman–Crippen MR) is 66.4 cm³/mol. The lowest BCUT2D eigenvalue weighted by Crippen LogP contribution is -2.25. The number of halogens is 3. The Morgan fingerprint density at radius 2 is 2.19 bits per heavy atom. The van der Waals surface area contributed by atoms with Crippen LogP contribution in [0.25, 0.3) is 0 Å². The van der Waals surface area contributed by atoms with Gasteiger partial charge >= 0.3 is 0 Å². The molecule has 1 aromatic rings. The maximum absolute atomic E-state index is 12.9. The van der Waals surface area contributed by atoms with Crippen molar-refractivity contribution >= 4 is 33.4 Å². The minimum absolute atomic E-state index is 0.277. The molecule has 1 rings (SSSR count). The molecule has 1 N–H and O–H groups in total. The van der Waals surface area contributed by atoms with Crippen LogP contribution in [0.3, 0.4) is 0 Å². The van der Waals surface area contributed by atoms with Gasteiger partial charge < -0.3 is 5.32 Å². The number of amides is 1. The zero-order chi connectivity index (χ0) is 12.0. The molecule has 0 aliphatic rings. The molecule has 0 unspecified atom stereocenters. The minimum atomic E-state index is -0.422. The molecular weight excluding hydrogens is 296 g/mol. The summed E-state index contributed by atoms with van der Waals surface area (Å²) >= 11 is 8.72. The summed E-state index contributed by atoms with van der Waals surface area (Å²) in [5.74, 6) is -0.116. The van der Waals surface area contributed by atoms with Gasteiger partial charge in [-0.15, -0.1) is 11.6 Å². The zero-order valence-corrected chi connectivity index (χ0v) is 10.9. The van der Waals surface area contributed by atoms with Gasteiger partial charge in [0.25, 0.3) is 5.91 Å². The van der Waals surface area contributed by atoms with Gasteiger partial charge in [-0.25, -0.2) is 4.39 Å². The number of hydrogen-bond acceptors (Lipinski definition) is 1. The number of nitrogens with one attached hydrogen (secondary N) is 1. The SMILES string of the molecule is O=C(NCCCCCl)c1cc(F)ccc1Br. The van der Waals surface area contributed by atoms with Crippen LogP contribution in [-0.2, 0) is 0 Å². The molecule has 0 aliphatic heterocycles. The molecule has 0 bridgehead atoms. The number of rotatable bonds is 5. The molecule has 1 aromatic carbocycles. The molecule has 16 heavy (non-hydrogen) atoms. The molecule has 88 valence electrons. The van der Waals surface area contributed by atoms with E-state index in [-0.39, 0.29) is 5.91 Å². The van der Waals surface area contributed by atoms with Crippen molar-refractivity contribution in [1.29, 1.82) is 0 Å². The van der Waals surface area contributed by atoms with Gasteiger partial charge in [-0.2, -0.15) is 0 Å². The summed E-state index contributed by atoms with van der Waals surface area (Å²) in [6.45, 7) is 0.550. The third-order valence-corrected chi connectivity index (χ3v) is 2.98. The number of benzene rings is 1. The first-order chi connectivity index (χ1) is 7.65. The Morgan fingerprint density at radius 3 is 2.88 bits per heavy atom. The van der Waals surface area contributed by atoms with Gasteiger partial charge in [0.05, 0.1) is 5.56 Å². The maximum Gasteiger partial charge on any atom is 0.252 e. The van der Waals surface area contributed by atoms with Crippen LogP contribution in [0.4, 0.5) is 4.39 Å². The van der Waals surface area contributed by atoms with Gasteiger partial charge in [0, 0.05) is 16.9 Å². The van der Waals surface area contributed by atoms with Crippen LogP contribution in [0.5, 0.6) is 0 Å². The molecule has 0 aliphatic carbocycles. The van der Waals surface area contributed by atoms with Gasteiger partial charge in [-0.3, -0.25) is 4.79 Å². The highest BCUT2D eigenvalue weighted by Crippen LogP contribution is 2.17. The van der Waals surface area contributed by atoms with Crippen molar-refractivity contribution in [3.8, 4) is 0 Å². The fourth-order valence-electron chi connectivity index (χ4n) is 1.19. The molecule has 0 saturated carbocycles. The fraction of sp³-hybridized carbons (Fsp3) is 0.364. The predicted octanol–water partition coefficient (Wildman–Crippen LogP) is 3.34. The van der Waals surface area contributed by atoms with Crippen molar-refractivity contribution in [2.75, 3.05) is 12.4 Å². The van der Waals surface area contributed by atoms with E-state index in [0.29, 0.717) is 22.5 Å². The summed E-state index contributed by atoms with van der Waals surface area (Å²) in [6, 6.07) is 4.03. The Hall–Kier alpha value is -0.610. The molecule has 2 nitrogen and oxygen atoms in total. The lowest BCUT2D eigenvalue weighted by Gasteiger charge is -2.06. The molecule has 1 amide bonds. The molecule has 0 heterocycles. The Labute approximate surface area is 107 Å². The largest absolute Gasteiger partial charge is 0.352 e. The third kappa shape index (κ3) is 4.10. The van der Waals surface area contributed by atoms with Crippen LogP contribution < -0.4 is 5.32 Å². The first-order valence-electron chi connectivity index (χ1n) is 4.94. The quantitative estimate of drug-likeness (QED) is 0.656. The summed E-state index contributed by atoms with van der Waals surface area (Å²) in [4.78, 5) is 11.6. The van der Waals surface area contributed by atoms with Crippen molar-refractivity contribution < 1.29 is 9.18 Å². The van der Waals surface area contributed by atoms with Crippen molar-refractivity contribution in [2.45, 2.75) is 12.8 Å². The Bertz CT molecular complexity index is 373. The van der Waals surface area contributed by atoms with Crippen molar-refractivity contribution in [3.05, 3.63) is 34.1 Å². The maximum atomic E-state index is 12.9. The number of carbonyl (C=O) groups excluding carboxylic acids is 1. The molecule has 0 atom stereocenters. The topological polar surface area (TPSA) is 29.1 Å². The minimum Gasteiger partial charge on any atom is -0.352 e. The van der Waals surface area contributed by atoms with Crippen LogP contribution in [0.1, 0.15) is 23.2 Å². The van der Waals surface area contributed by atoms with Crippen LogP contribution in [0.2, 0.25) is 0 Å². The number of unbranched alkanes of at least 4 members (excludes halogenated alkanes) is 1. The monoisotopic (exact) mass is 307 g/mol. The molecule has 0 spiro atoms. The Kier molecular flexibility index (Phi) is 5.77. The van der Waals surface area contributed by atoms with E-state index in [4.69, 9.17) is 11.6 Å². The second kappa shape index (κ2) is 6.86.